The van der Waals surface area contributed by atoms with E-state index in [4.69, 9.17) is 5.11 Å². The van der Waals surface area contributed by atoms with Crippen molar-refractivity contribution in [1.29, 1.82) is 0 Å². The molecule has 0 saturated heterocycles. The second-order valence-electron chi connectivity index (χ2n) is 4.36. The molecule has 0 atom stereocenters. The van der Waals surface area contributed by atoms with Gasteiger partial charge in [-0.2, -0.15) is 0 Å². The van der Waals surface area contributed by atoms with Gasteiger partial charge in [0, 0.05) is 23.6 Å². The van der Waals surface area contributed by atoms with Crippen molar-refractivity contribution >= 4 is 11.7 Å². The van der Waals surface area contributed by atoms with Gasteiger partial charge in [0.25, 0.3) is 0 Å². The summed E-state index contributed by atoms with van der Waals surface area (Å²) in [4.78, 5) is 16.5. The van der Waals surface area contributed by atoms with Crippen LogP contribution in [-0.4, -0.2) is 28.1 Å². The number of carboxylic acid groups (broad SMARTS) is 1. The summed E-state index contributed by atoms with van der Waals surface area (Å²) in [6.45, 7) is 5.94. The summed E-state index contributed by atoms with van der Waals surface area (Å²) >= 11 is 0. The average molecular weight is 208 g/mol. The van der Waals surface area contributed by atoms with Crippen LogP contribution in [0.25, 0.3) is 0 Å². The molecular weight excluding hydrogens is 192 g/mol. The molecule has 0 aromatic carbocycles. The van der Waals surface area contributed by atoms with Crippen LogP contribution in [0.2, 0.25) is 0 Å². The third kappa shape index (κ3) is 3.23. The zero-order chi connectivity index (χ0) is 11.5. The van der Waals surface area contributed by atoms with Crippen molar-refractivity contribution in [2.24, 2.45) is 0 Å². The summed E-state index contributed by atoms with van der Waals surface area (Å²) < 4.78 is 0. The van der Waals surface area contributed by atoms with E-state index in [0.717, 1.165) is 5.69 Å². The minimum absolute atomic E-state index is 0.00644. The Kier molecular flexibility index (Phi) is 3.29. The van der Waals surface area contributed by atoms with Gasteiger partial charge in [-0.15, -0.1) is 0 Å². The quantitative estimate of drug-likeness (QED) is 0.822. The molecule has 0 spiro atoms. The first-order valence-electron chi connectivity index (χ1n) is 4.81. The Morgan fingerprint density at radius 2 is 1.93 bits per heavy atom. The zero-order valence-electron chi connectivity index (χ0n) is 9.27. The van der Waals surface area contributed by atoms with Crippen molar-refractivity contribution in [1.82, 2.24) is 4.98 Å². The number of hydrogen-bond donors (Lipinski definition) is 1. The lowest BCUT2D eigenvalue weighted by atomic mass is 10.1. The van der Waals surface area contributed by atoms with Crippen LogP contribution in [0.3, 0.4) is 0 Å². The molecule has 1 N–H and O–H groups in total. The molecule has 4 nitrogen and oxygen atoms in total. The van der Waals surface area contributed by atoms with Crippen molar-refractivity contribution in [2.45, 2.75) is 26.3 Å². The van der Waals surface area contributed by atoms with E-state index in [1.54, 1.807) is 12.4 Å². The summed E-state index contributed by atoms with van der Waals surface area (Å²) in [5.41, 5.74) is 0.652. The van der Waals surface area contributed by atoms with Crippen molar-refractivity contribution in [3.8, 4) is 0 Å². The molecule has 1 aromatic rings. The fourth-order valence-corrected chi connectivity index (χ4v) is 1.38. The molecule has 1 heterocycles. The summed E-state index contributed by atoms with van der Waals surface area (Å²) in [6, 6.07) is 3.63. The third-order valence-corrected chi connectivity index (χ3v) is 2.08. The highest BCUT2D eigenvalue weighted by atomic mass is 16.4. The first kappa shape index (κ1) is 11.5. The molecular formula is C11H16N2O2. The highest BCUT2D eigenvalue weighted by molar-refractivity contribution is 5.74. The first-order chi connectivity index (χ1) is 6.91. The van der Waals surface area contributed by atoms with Crippen LogP contribution in [0.1, 0.15) is 20.8 Å². The van der Waals surface area contributed by atoms with E-state index in [-0.39, 0.29) is 12.1 Å². The minimum Gasteiger partial charge on any atom is -0.480 e. The van der Waals surface area contributed by atoms with Gasteiger partial charge in [0.15, 0.2) is 0 Å². The second-order valence-corrected chi connectivity index (χ2v) is 4.36. The number of pyridine rings is 1. The van der Waals surface area contributed by atoms with Crippen molar-refractivity contribution in [2.75, 3.05) is 11.4 Å². The fourth-order valence-electron chi connectivity index (χ4n) is 1.38. The highest BCUT2D eigenvalue weighted by Gasteiger charge is 2.23. The lowest BCUT2D eigenvalue weighted by Gasteiger charge is -2.36. The SMILES string of the molecule is CC(C)(C)N(CC(=O)O)c1ccncc1. The summed E-state index contributed by atoms with van der Waals surface area (Å²) in [5.74, 6) is -0.832. The monoisotopic (exact) mass is 208 g/mol. The maximum Gasteiger partial charge on any atom is 0.323 e. The standard InChI is InChI=1S/C11H16N2O2/c1-11(2,3)13(8-10(14)15)9-4-6-12-7-5-9/h4-7H,8H2,1-3H3,(H,14,15). The molecule has 0 fully saturated rings. The number of carboxylic acids is 1. The van der Waals surface area contributed by atoms with Gasteiger partial charge in [-0.1, -0.05) is 0 Å². The molecule has 0 aliphatic carbocycles. The van der Waals surface area contributed by atoms with Gasteiger partial charge in [-0.3, -0.25) is 9.78 Å². The second kappa shape index (κ2) is 4.29. The van der Waals surface area contributed by atoms with Crippen molar-refractivity contribution in [3.63, 3.8) is 0 Å². The molecule has 1 aromatic heterocycles. The van der Waals surface area contributed by atoms with E-state index in [1.165, 1.54) is 0 Å². The lowest BCUT2D eigenvalue weighted by Crippen LogP contribution is -2.44. The van der Waals surface area contributed by atoms with Crippen LogP contribution in [0.5, 0.6) is 0 Å². The number of aromatic nitrogens is 1. The van der Waals surface area contributed by atoms with Gasteiger partial charge >= 0.3 is 5.97 Å². The third-order valence-electron chi connectivity index (χ3n) is 2.08. The molecule has 15 heavy (non-hydrogen) atoms. The molecule has 0 aliphatic heterocycles. The Balaban J connectivity index is 2.97. The maximum atomic E-state index is 10.8. The van der Waals surface area contributed by atoms with Crippen LogP contribution in [0, 0.1) is 0 Å². The van der Waals surface area contributed by atoms with Crippen LogP contribution >= 0.6 is 0 Å². The van der Waals surface area contributed by atoms with E-state index in [2.05, 4.69) is 4.98 Å². The van der Waals surface area contributed by atoms with Crippen molar-refractivity contribution < 1.29 is 9.90 Å². The van der Waals surface area contributed by atoms with Gasteiger partial charge in [0.05, 0.1) is 0 Å². The Bertz CT molecular complexity index is 330. The topological polar surface area (TPSA) is 53.4 Å². The molecule has 0 aliphatic rings. The van der Waals surface area contributed by atoms with Crippen molar-refractivity contribution in [3.05, 3.63) is 24.5 Å². The Labute approximate surface area is 89.6 Å². The predicted octanol–water partition coefficient (Wildman–Crippen LogP) is 1.77. The minimum atomic E-state index is -0.832. The van der Waals surface area contributed by atoms with E-state index < -0.39 is 5.97 Å². The Hall–Kier alpha value is -1.58. The number of nitrogens with zero attached hydrogens (tertiary/aromatic N) is 2. The number of carbonyl (C=O) groups is 1. The number of aliphatic carboxylic acids is 1. The lowest BCUT2D eigenvalue weighted by molar-refractivity contribution is -0.135. The van der Waals surface area contributed by atoms with E-state index in [9.17, 15) is 4.79 Å². The van der Waals surface area contributed by atoms with Crippen LogP contribution in [-0.2, 0) is 4.79 Å². The molecule has 82 valence electrons. The van der Waals surface area contributed by atoms with Gasteiger partial charge < -0.3 is 10.0 Å². The van der Waals surface area contributed by atoms with E-state index in [0.29, 0.717) is 0 Å². The smallest absolute Gasteiger partial charge is 0.323 e. The largest absolute Gasteiger partial charge is 0.480 e. The molecule has 1 rings (SSSR count). The number of rotatable bonds is 3. The summed E-state index contributed by atoms with van der Waals surface area (Å²) in [5, 5.41) is 8.85. The fraction of sp³-hybridized carbons (Fsp3) is 0.455. The maximum absolute atomic E-state index is 10.8. The normalized spacial score (nSPS) is 11.1. The summed E-state index contributed by atoms with van der Waals surface area (Å²) in [6.07, 6.45) is 3.33. The number of anilines is 1. The molecule has 0 bridgehead atoms. The van der Waals surface area contributed by atoms with Gasteiger partial charge in [0.2, 0.25) is 0 Å². The molecule has 0 amide bonds. The van der Waals surface area contributed by atoms with Crippen LogP contribution in [0.15, 0.2) is 24.5 Å². The highest BCUT2D eigenvalue weighted by Crippen LogP contribution is 2.22. The zero-order valence-corrected chi connectivity index (χ0v) is 9.27. The Morgan fingerprint density at radius 3 is 2.33 bits per heavy atom. The Morgan fingerprint density at radius 1 is 1.40 bits per heavy atom. The van der Waals surface area contributed by atoms with Gasteiger partial charge in [-0.25, -0.2) is 0 Å². The summed E-state index contributed by atoms with van der Waals surface area (Å²) in [7, 11) is 0. The predicted molar refractivity (Wildman–Crippen MR) is 59.0 cm³/mol. The van der Waals surface area contributed by atoms with E-state index >= 15 is 0 Å². The van der Waals surface area contributed by atoms with Gasteiger partial charge in [-0.05, 0) is 32.9 Å². The molecule has 0 radical (unpaired) electrons. The van der Waals surface area contributed by atoms with Crippen LogP contribution in [0.4, 0.5) is 5.69 Å². The molecule has 4 heteroatoms. The van der Waals surface area contributed by atoms with Gasteiger partial charge in [0.1, 0.15) is 6.54 Å². The molecule has 0 unspecified atom stereocenters. The first-order valence-corrected chi connectivity index (χ1v) is 4.81. The van der Waals surface area contributed by atoms with Crippen LogP contribution < -0.4 is 4.90 Å². The number of hydrogen-bond acceptors (Lipinski definition) is 3. The average Bonchev–Trinajstić information content (AvgIpc) is 2.14. The molecule has 0 saturated carbocycles. The van der Waals surface area contributed by atoms with E-state index in [1.807, 2.05) is 37.8 Å².